The molecule has 0 bridgehead atoms. The predicted molar refractivity (Wildman–Crippen MR) is 147 cm³/mol. The summed E-state index contributed by atoms with van der Waals surface area (Å²) in [5.41, 5.74) is 6.43. The van der Waals surface area contributed by atoms with Crippen molar-refractivity contribution < 1.29 is 29.0 Å². The monoisotopic (exact) mass is 540 g/mol. The molecule has 0 aliphatic heterocycles. The van der Waals surface area contributed by atoms with Crippen LogP contribution in [0.25, 0.3) is 0 Å². The number of phenolic OH excluding ortho intramolecular Hbond substituents is 1. The molecule has 10 heteroatoms. The van der Waals surface area contributed by atoms with Gasteiger partial charge in [0, 0.05) is 12.6 Å². The Labute approximate surface area is 229 Å². The van der Waals surface area contributed by atoms with Gasteiger partial charge in [-0.15, -0.1) is 0 Å². The number of nitrogens with one attached hydrogen (secondary N) is 2. The van der Waals surface area contributed by atoms with Crippen LogP contribution in [-0.2, 0) is 25.7 Å². The number of benzene rings is 2. The van der Waals surface area contributed by atoms with Crippen LogP contribution < -0.4 is 16.4 Å². The highest BCUT2D eigenvalue weighted by Gasteiger charge is 2.39. The number of aromatic hydroxyl groups is 1. The van der Waals surface area contributed by atoms with Gasteiger partial charge in [-0.05, 0) is 69.9 Å². The Balaban J connectivity index is 2.54. The first kappa shape index (κ1) is 31.1. The number of carbonyl (C=O) groups is 4. The minimum absolute atomic E-state index is 0.0433. The normalized spacial score (nSPS) is 13.5. The summed E-state index contributed by atoms with van der Waals surface area (Å²) < 4.78 is 5.30. The van der Waals surface area contributed by atoms with E-state index in [-0.39, 0.29) is 12.3 Å². The van der Waals surface area contributed by atoms with E-state index in [1.54, 1.807) is 46.8 Å². The Hall–Kier alpha value is -4.08. The second-order valence-electron chi connectivity index (χ2n) is 10.5. The smallest absolute Gasteiger partial charge is 0.408 e. The number of rotatable bonds is 11. The molecule has 39 heavy (non-hydrogen) atoms. The number of alkyl carbamates (subject to hydrolysis) is 1. The molecule has 2 aromatic rings. The maximum Gasteiger partial charge on any atom is 0.408 e. The van der Waals surface area contributed by atoms with Crippen LogP contribution in [0.5, 0.6) is 5.75 Å². The van der Waals surface area contributed by atoms with Gasteiger partial charge in [-0.3, -0.25) is 14.4 Å². The molecule has 0 aliphatic rings. The van der Waals surface area contributed by atoms with Gasteiger partial charge in [0.25, 0.3) is 0 Å². The summed E-state index contributed by atoms with van der Waals surface area (Å²) in [6.07, 6.45) is -0.907. The molecular weight excluding hydrogens is 500 g/mol. The summed E-state index contributed by atoms with van der Waals surface area (Å²) in [4.78, 5) is 53.6. The highest BCUT2D eigenvalue weighted by atomic mass is 16.6. The van der Waals surface area contributed by atoms with E-state index in [1.807, 2.05) is 37.3 Å². The molecule has 4 amide bonds. The standard InChI is InChI=1S/C29H40N4O6/c1-7-19(3)33(27(37)22(16-24(30)35)32-28(38)39-29(4,5)6)25(21-13-14-23(34)18(2)15-21)26(36)31-17-20-11-9-8-10-12-20/h8-15,19,22,25,34H,7,16-17H2,1-6H3,(H2,30,35)(H,31,36)(H,32,38). The topological polar surface area (TPSA) is 151 Å². The molecule has 2 rings (SSSR count). The van der Waals surface area contributed by atoms with E-state index in [1.165, 1.54) is 11.0 Å². The van der Waals surface area contributed by atoms with Gasteiger partial charge in [-0.25, -0.2) is 4.79 Å². The molecule has 0 fully saturated rings. The Morgan fingerprint density at radius 3 is 2.26 bits per heavy atom. The third kappa shape index (κ3) is 9.31. The molecule has 0 aliphatic carbocycles. The zero-order valence-corrected chi connectivity index (χ0v) is 23.5. The van der Waals surface area contributed by atoms with Gasteiger partial charge in [0.15, 0.2) is 0 Å². The Morgan fingerprint density at radius 1 is 1.08 bits per heavy atom. The van der Waals surface area contributed by atoms with Crippen molar-refractivity contribution in [1.82, 2.24) is 15.5 Å². The third-order valence-corrected chi connectivity index (χ3v) is 6.09. The Kier molecular flexibility index (Phi) is 10.9. The molecular formula is C29H40N4O6. The summed E-state index contributed by atoms with van der Waals surface area (Å²) >= 11 is 0. The summed E-state index contributed by atoms with van der Waals surface area (Å²) in [7, 11) is 0. The van der Waals surface area contributed by atoms with Crippen LogP contribution in [-0.4, -0.2) is 51.5 Å². The fourth-order valence-electron chi connectivity index (χ4n) is 4.00. The SMILES string of the molecule is CCC(C)N(C(=O)C(CC(N)=O)NC(=O)OC(C)(C)C)C(C(=O)NCc1ccccc1)c1ccc(O)c(C)c1. The number of primary amides is 1. The molecule has 0 radical (unpaired) electrons. The lowest BCUT2D eigenvalue weighted by atomic mass is 9.97. The molecule has 0 saturated carbocycles. The molecule has 3 atom stereocenters. The van der Waals surface area contributed by atoms with Gasteiger partial charge in [0.2, 0.25) is 17.7 Å². The van der Waals surface area contributed by atoms with Crippen molar-refractivity contribution in [3.8, 4) is 5.75 Å². The van der Waals surface area contributed by atoms with Crippen molar-refractivity contribution >= 4 is 23.8 Å². The van der Waals surface area contributed by atoms with Gasteiger partial charge < -0.3 is 31.1 Å². The van der Waals surface area contributed by atoms with E-state index < -0.39 is 54.0 Å². The van der Waals surface area contributed by atoms with Crippen LogP contribution in [0.15, 0.2) is 48.5 Å². The fraction of sp³-hybridized carbons (Fsp3) is 0.448. The van der Waals surface area contributed by atoms with Crippen molar-refractivity contribution in [3.63, 3.8) is 0 Å². The van der Waals surface area contributed by atoms with Crippen LogP contribution in [0, 0.1) is 6.92 Å². The predicted octanol–water partition coefficient (Wildman–Crippen LogP) is 3.45. The molecule has 212 valence electrons. The summed E-state index contributed by atoms with van der Waals surface area (Å²) in [5, 5.41) is 15.5. The molecule has 2 aromatic carbocycles. The molecule has 10 nitrogen and oxygen atoms in total. The van der Waals surface area contributed by atoms with Crippen molar-refractivity contribution in [2.45, 2.75) is 84.7 Å². The molecule has 0 spiro atoms. The van der Waals surface area contributed by atoms with Crippen LogP contribution >= 0.6 is 0 Å². The van der Waals surface area contributed by atoms with Crippen molar-refractivity contribution in [1.29, 1.82) is 0 Å². The number of ether oxygens (including phenoxy) is 1. The number of phenols is 1. The molecule has 0 saturated heterocycles. The molecule has 0 aromatic heterocycles. The third-order valence-electron chi connectivity index (χ3n) is 6.09. The van der Waals surface area contributed by atoms with Crippen LogP contribution in [0.3, 0.4) is 0 Å². The fourth-order valence-corrected chi connectivity index (χ4v) is 4.00. The number of nitrogens with two attached hydrogens (primary N) is 1. The number of hydrogen-bond donors (Lipinski definition) is 4. The van der Waals surface area contributed by atoms with Crippen LogP contribution in [0.2, 0.25) is 0 Å². The minimum Gasteiger partial charge on any atom is -0.508 e. The van der Waals surface area contributed by atoms with Crippen molar-refractivity contribution in [2.24, 2.45) is 5.73 Å². The number of carbonyl (C=O) groups excluding carboxylic acids is 4. The van der Waals surface area contributed by atoms with Crippen LogP contribution in [0.1, 0.15) is 70.2 Å². The second-order valence-corrected chi connectivity index (χ2v) is 10.5. The number of aryl methyl sites for hydroxylation is 1. The Morgan fingerprint density at radius 2 is 1.72 bits per heavy atom. The second kappa shape index (κ2) is 13.6. The first-order valence-corrected chi connectivity index (χ1v) is 12.9. The Bertz CT molecular complexity index is 1160. The number of hydrogen-bond acceptors (Lipinski definition) is 6. The lowest BCUT2D eigenvalue weighted by Gasteiger charge is -2.38. The summed E-state index contributed by atoms with van der Waals surface area (Å²) in [6.45, 7) is 10.5. The summed E-state index contributed by atoms with van der Waals surface area (Å²) in [6, 6.07) is 11.0. The zero-order valence-electron chi connectivity index (χ0n) is 23.5. The quantitative estimate of drug-likeness (QED) is 0.343. The van der Waals surface area contributed by atoms with E-state index >= 15 is 0 Å². The van der Waals surface area contributed by atoms with E-state index in [9.17, 15) is 24.3 Å². The van der Waals surface area contributed by atoms with Crippen LogP contribution in [0.4, 0.5) is 4.79 Å². The zero-order chi connectivity index (χ0) is 29.3. The average Bonchev–Trinajstić information content (AvgIpc) is 2.85. The van der Waals surface area contributed by atoms with Gasteiger partial charge in [0.1, 0.15) is 23.4 Å². The number of nitrogens with zero attached hydrogens (tertiary/aromatic N) is 1. The molecule has 5 N–H and O–H groups in total. The van der Waals surface area contributed by atoms with Gasteiger partial charge in [-0.1, -0.05) is 43.3 Å². The van der Waals surface area contributed by atoms with Gasteiger partial charge in [0.05, 0.1) is 6.42 Å². The van der Waals surface area contributed by atoms with Crippen molar-refractivity contribution in [3.05, 3.63) is 65.2 Å². The molecule has 3 unspecified atom stereocenters. The van der Waals surface area contributed by atoms with E-state index in [0.29, 0.717) is 17.5 Å². The van der Waals surface area contributed by atoms with Gasteiger partial charge >= 0.3 is 6.09 Å². The van der Waals surface area contributed by atoms with E-state index in [0.717, 1.165) is 5.56 Å². The highest BCUT2D eigenvalue weighted by Crippen LogP contribution is 2.29. The molecule has 0 heterocycles. The first-order chi connectivity index (χ1) is 18.2. The van der Waals surface area contributed by atoms with E-state index in [4.69, 9.17) is 10.5 Å². The summed E-state index contributed by atoms with van der Waals surface area (Å²) in [5.74, 6) is -1.90. The average molecular weight is 541 g/mol. The number of amides is 4. The maximum absolute atomic E-state index is 14.0. The minimum atomic E-state index is -1.37. The first-order valence-electron chi connectivity index (χ1n) is 12.9. The lowest BCUT2D eigenvalue weighted by Crippen LogP contribution is -2.56. The maximum atomic E-state index is 14.0. The van der Waals surface area contributed by atoms with E-state index in [2.05, 4.69) is 10.6 Å². The van der Waals surface area contributed by atoms with Crippen molar-refractivity contribution in [2.75, 3.05) is 0 Å². The largest absolute Gasteiger partial charge is 0.508 e. The highest BCUT2D eigenvalue weighted by molar-refractivity contribution is 5.94. The van der Waals surface area contributed by atoms with Gasteiger partial charge in [-0.2, -0.15) is 0 Å². The lowest BCUT2D eigenvalue weighted by molar-refractivity contribution is -0.146.